The van der Waals surface area contributed by atoms with Gasteiger partial charge in [0.25, 0.3) is 0 Å². The van der Waals surface area contributed by atoms with Gasteiger partial charge in [-0.25, -0.2) is 4.98 Å². The Hall–Kier alpha value is -4.98. The number of hydrogen-bond donors (Lipinski definition) is 4. The number of aromatic nitrogens is 5. The van der Waals surface area contributed by atoms with Crippen molar-refractivity contribution < 1.29 is 4.42 Å². The third kappa shape index (κ3) is 4.59. The first kappa shape index (κ1) is 23.4. The minimum Gasteiger partial charge on any atom is -0.472 e. The Kier molecular flexibility index (Phi) is 6.27. The molecule has 8 nitrogen and oxygen atoms in total. The van der Waals surface area contributed by atoms with Crippen molar-refractivity contribution in [2.24, 2.45) is 0 Å². The molecule has 0 bridgehead atoms. The van der Waals surface area contributed by atoms with Crippen LogP contribution in [-0.4, -0.2) is 37.9 Å². The average Bonchev–Trinajstić information content (AvgIpc) is 3.71. The maximum absolute atomic E-state index is 7.96. The van der Waals surface area contributed by atoms with Crippen molar-refractivity contribution in [2.75, 3.05) is 11.9 Å². The summed E-state index contributed by atoms with van der Waals surface area (Å²) in [5, 5.41) is 20.1. The highest BCUT2D eigenvalue weighted by atomic mass is 16.3. The van der Waals surface area contributed by atoms with E-state index in [0.717, 1.165) is 63.3 Å². The number of aromatic amines is 2. The Balaban J connectivity index is 1.27. The molecule has 8 heteroatoms. The molecule has 0 saturated carbocycles. The summed E-state index contributed by atoms with van der Waals surface area (Å²) in [7, 11) is 0. The molecule has 0 radical (unpaired) electrons. The molecule has 2 aromatic carbocycles. The molecule has 0 aliphatic heterocycles. The maximum atomic E-state index is 7.96. The van der Waals surface area contributed by atoms with E-state index >= 15 is 0 Å². The third-order valence-electron chi connectivity index (χ3n) is 6.73. The van der Waals surface area contributed by atoms with Crippen molar-refractivity contribution in [3.05, 3.63) is 108 Å². The Labute approximate surface area is 219 Å². The van der Waals surface area contributed by atoms with E-state index < -0.39 is 0 Å². The molecular formula is C30H27N7O. The first-order valence-electron chi connectivity index (χ1n) is 12.5. The number of fused-ring (bicyclic) bond motifs is 1. The fourth-order valence-corrected chi connectivity index (χ4v) is 4.74. The molecule has 1 unspecified atom stereocenters. The van der Waals surface area contributed by atoms with Crippen LogP contribution in [0.1, 0.15) is 28.4 Å². The zero-order valence-electron chi connectivity index (χ0n) is 20.9. The average molecular weight is 502 g/mol. The summed E-state index contributed by atoms with van der Waals surface area (Å²) in [5.74, 6) is 0.369. The molecule has 6 aromatic rings. The van der Waals surface area contributed by atoms with Crippen molar-refractivity contribution in [3.63, 3.8) is 0 Å². The number of aryl methyl sites for hydroxylation is 1. The Morgan fingerprint density at radius 3 is 2.76 bits per heavy atom. The summed E-state index contributed by atoms with van der Waals surface area (Å²) in [6.07, 6.45) is 9.31. The lowest BCUT2D eigenvalue weighted by atomic mass is 9.99. The van der Waals surface area contributed by atoms with Gasteiger partial charge in [0, 0.05) is 47.4 Å². The van der Waals surface area contributed by atoms with E-state index in [2.05, 4.69) is 67.9 Å². The van der Waals surface area contributed by atoms with Crippen LogP contribution in [0.3, 0.4) is 0 Å². The van der Waals surface area contributed by atoms with Crippen molar-refractivity contribution >= 4 is 22.8 Å². The first-order valence-corrected chi connectivity index (χ1v) is 12.5. The Morgan fingerprint density at radius 2 is 1.95 bits per heavy atom. The van der Waals surface area contributed by atoms with Gasteiger partial charge in [-0.05, 0) is 48.7 Å². The fourth-order valence-electron chi connectivity index (χ4n) is 4.74. The standard InChI is InChI=1S/C30H27N7O/c1-19-28(26(15-31)22-10-12-38-18-22)35-30(34-19)29-25-14-21(7-8-27(25)36-37-29)23-13-24(17-32-16-23)33-11-9-20-5-3-2-4-6-20/h2-8,10,12-18,26,31,33H,9,11H2,1H3,(H,34,35)(H,36,37). The van der Waals surface area contributed by atoms with Gasteiger partial charge in [-0.3, -0.25) is 10.1 Å². The third-order valence-corrected chi connectivity index (χ3v) is 6.73. The van der Waals surface area contributed by atoms with Gasteiger partial charge >= 0.3 is 0 Å². The molecule has 0 saturated heterocycles. The summed E-state index contributed by atoms with van der Waals surface area (Å²) in [6, 6.07) is 20.6. The zero-order chi connectivity index (χ0) is 25.9. The van der Waals surface area contributed by atoms with Gasteiger partial charge in [0.1, 0.15) is 5.69 Å². The highest BCUT2D eigenvalue weighted by Gasteiger charge is 2.21. The molecule has 6 rings (SSSR count). The normalized spacial score (nSPS) is 12.0. The molecule has 0 amide bonds. The summed E-state index contributed by atoms with van der Waals surface area (Å²) in [5.41, 5.74) is 8.55. The van der Waals surface area contributed by atoms with Crippen molar-refractivity contribution in [2.45, 2.75) is 19.3 Å². The smallest absolute Gasteiger partial charge is 0.159 e. The van der Waals surface area contributed by atoms with E-state index in [1.807, 2.05) is 37.5 Å². The number of furan rings is 1. The lowest BCUT2D eigenvalue weighted by Gasteiger charge is -2.09. The highest BCUT2D eigenvalue weighted by molar-refractivity contribution is 5.94. The first-order chi connectivity index (χ1) is 18.7. The molecule has 0 fully saturated rings. The van der Waals surface area contributed by atoms with Gasteiger partial charge in [-0.15, -0.1) is 0 Å². The van der Waals surface area contributed by atoms with Crippen LogP contribution in [0.25, 0.3) is 33.5 Å². The second-order valence-corrected chi connectivity index (χ2v) is 9.25. The number of H-pyrrole nitrogens is 2. The number of hydrogen-bond acceptors (Lipinski definition) is 6. The largest absolute Gasteiger partial charge is 0.472 e. The van der Waals surface area contributed by atoms with Crippen molar-refractivity contribution in [3.8, 4) is 22.6 Å². The van der Waals surface area contributed by atoms with Gasteiger partial charge in [-0.2, -0.15) is 5.10 Å². The van der Waals surface area contributed by atoms with Crippen LogP contribution in [0, 0.1) is 12.3 Å². The predicted octanol–water partition coefficient (Wildman–Crippen LogP) is 6.35. The molecule has 188 valence electrons. The van der Waals surface area contributed by atoms with Crippen LogP contribution in [0.15, 0.2) is 90.0 Å². The number of nitrogens with one attached hydrogen (secondary N) is 4. The second-order valence-electron chi connectivity index (χ2n) is 9.25. The predicted molar refractivity (Wildman–Crippen MR) is 150 cm³/mol. The van der Waals surface area contributed by atoms with Crippen LogP contribution in [0.5, 0.6) is 0 Å². The van der Waals surface area contributed by atoms with Gasteiger partial charge < -0.3 is 20.1 Å². The fraction of sp³-hybridized carbons (Fsp3) is 0.133. The summed E-state index contributed by atoms with van der Waals surface area (Å²) in [4.78, 5) is 12.7. The number of benzene rings is 2. The summed E-state index contributed by atoms with van der Waals surface area (Å²) in [6.45, 7) is 2.79. The summed E-state index contributed by atoms with van der Waals surface area (Å²) < 4.78 is 5.23. The van der Waals surface area contributed by atoms with Crippen LogP contribution in [0.4, 0.5) is 5.69 Å². The number of imidazole rings is 1. The number of anilines is 1. The van der Waals surface area contributed by atoms with Crippen molar-refractivity contribution in [1.82, 2.24) is 25.1 Å². The van der Waals surface area contributed by atoms with Crippen molar-refractivity contribution in [1.29, 1.82) is 5.41 Å². The molecule has 4 heterocycles. The van der Waals surface area contributed by atoms with E-state index in [1.54, 1.807) is 12.5 Å². The molecule has 4 N–H and O–H groups in total. The van der Waals surface area contributed by atoms with Crippen LogP contribution >= 0.6 is 0 Å². The summed E-state index contributed by atoms with van der Waals surface area (Å²) >= 11 is 0. The second kappa shape index (κ2) is 10.2. The number of rotatable bonds is 9. The lowest BCUT2D eigenvalue weighted by molar-refractivity contribution is 0.564. The topological polar surface area (TPSA) is 119 Å². The van der Waals surface area contributed by atoms with E-state index in [1.165, 1.54) is 11.8 Å². The molecular weight excluding hydrogens is 474 g/mol. The highest BCUT2D eigenvalue weighted by Crippen LogP contribution is 2.32. The molecule has 0 aliphatic rings. The SMILES string of the molecule is Cc1[nH]c(-c2n[nH]c3ccc(-c4cncc(NCCc5ccccc5)c4)cc23)nc1C(C=N)c1ccoc1. The Morgan fingerprint density at radius 1 is 1.05 bits per heavy atom. The van der Waals surface area contributed by atoms with Crippen LogP contribution in [0.2, 0.25) is 0 Å². The van der Waals surface area contributed by atoms with E-state index in [9.17, 15) is 0 Å². The number of nitrogens with zero attached hydrogens (tertiary/aromatic N) is 3. The van der Waals surface area contributed by atoms with Crippen LogP contribution in [-0.2, 0) is 6.42 Å². The molecule has 38 heavy (non-hydrogen) atoms. The van der Waals surface area contributed by atoms with Gasteiger partial charge in [0.2, 0.25) is 0 Å². The Bertz CT molecular complexity index is 1680. The minimum atomic E-state index is -0.289. The van der Waals surface area contributed by atoms with Gasteiger partial charge in [0.15, 0.2) is 5.82 Å². The van der Waals surface area contributed by atoms with Crippen LogP contribution < -0.4 is 5.32 Å². The van der Waals surface area contributed by atoms with E-state index in [4.69, 9.17) is 14.8 Å². The van der Waals surface area contributed by atoms with Gasteiger partial charge in [0.05, 0.1) is 35.3 Å². The van der Waals surface area contributed by atoms with Gasteiger partial charge in [-0.1, -0.05) is 36.4 Å². The minimum absolute atomic E-state index is 0.289. The molecule has 0 spiro atoms. The molecule has 0 aliphatic carbocycles. The molecule has 1 atom stereocenters. The maximum Gasteiger partial charge on any atom is 0.159 e. The lowest BCUT2D eigenvalue weighted by Crippen LogP contribution is -2.05. The molecule has 4 aromatic heterocycles. The zero-order valence-corrected chi connectivity index (χ0v) is 20.9. The number of pyridine rings is 1. The van der Waals surface area contributed by atoms with E-state index in [0.29, 0.717) is 5.82 Å². The van der Waals surface area contributed by atoms with E-state index in [-0.39, 0.29) is 5.92 Å². The monoisotopic (exact) mass is 501 g/mol. The quantitative estimate of drug-likeness (QED) is 0.172.